The summed E-state index contributed by atoms with van der Waals surface area (Å²) >= 11 is 3.63. The van der Waals surface area contributed by atoms with E-state index in [0.717, 1.165) is 23.4 Å². The van der Waals surface area contributed by atoms with Crippen LogP contribution in [0.3, 0.4) is 0 Å². The normalized spacial score (nSPS) is 18.7. The minimum atomic E-state index is -1.24. The van der Waals surface area contributed by atoms with Gasteiger partial charge in [-0.05, 0) is 53.5 Å². The van der Waals surface area contributed by atoms with E-state index in [4.69, 9.17) is 5.84 Å². The molecule has 1 aliphatic heterocycles. The molecule has 0 bridgehead atoms. The smallest absolute Gasteiger partial charge is 0.422 e. The Balaban J connectivity index is 1.92. The highest BCUT2D eigenvalue weighted by atomic mass is 79.9. The van der Waals surface area contributed by atoms with E-state index in [-0.39, 0.29) is 5.91 Å². The SMILES string of the molecule is CN(C(=O)c1cccnc1)c1nc2[nH]ccc2c(C2(N(N)C(=O)O)CCCNC2)c1Br. The predicted octanol–water partition coefficient (Wildman–Crippen LogP) is 2.43. The van der Waals surface area contributed by atoms with Crippen molar-refractivity contribution in [3.63, 3.8) is 0 Å². The van der Waals surface area contributed by atoms with Gasteiger partial charge in [-0.3, -0.25) is 14.7 Å². The van der Waals surface area contributed by atoms with Crippen LogP contribution in [0.4, 0.5) is 10.6 Å². The van der Waals surface area contributed by atoms with Crippen LogP contribution >= 0.6 is 15.9 Å². The first-order valence-corrected chi connectivity index (χ1v) is 10.5. The molecule has 3 aromatic rings. The number of fused-ring (bicyclic) bond motifs is 1. The van der Waals surface area contributed by atoms with Gasteiger partial charge in [0.15, 0.2) is 5.82 Å². The predicted molar refractivity (Wildman–Crippen MR) is 119 cm³/mol. The number of H-pyrrole nitrogens is 1. The Kier molecular flexibility index (Phi) is 5.65. The van der Waals surface area contributed by atoms with Crippen LogP contribution in [0.15, 0.2) is 41.3 Å². The molecular formula is C20H22BrN7O3. The zero-order valence-electron chi connectivity index (χ0n) is 16.8. The number of carbonyl (C=O) groups is 2. The summed E-state index contributed by atoms with van der Waals surface area (Å²) in [5.41, 5.74) is 0.561. The van der Waals surface area contributed by atoms with E-state index < -0.39 is 11.6 Å². The van der Waals surface area contributed by atoms with Crippen molar-refractivity contribution in [2.24, 2.45) is 5.84 Å². The van der Waals surface area contributed by atoms with E-state index in [9.17, 15) is 14.7 Å². The molecule has 0 aromatic carbocycles. The second-order valence-electron chi connectivity index (χ2n) is 7.43. The van der Waals surface area contributed by atoms with Gasteiger partial charge in [0.1, 0.15) is 11.2 Å². The molecule has 10 nitrogen and oxygen atoms in total. The summed E-state index contributed by atoms with van der Waals surface area (Å²) in [6.45, 7) is 1.10. The van der Waals surface area contributed by atoms with Gasteiger partial charge in [-0.2, -0.15) is 0 Å². The minimum Gasteiger partial charge on any atom is -0.464 e. The van der Waals surface area contributed by atoms with Crippen molar-refractivity contribution in [1.29, 1.82) is 0 Å². The molecule has 1 saturated heterocycles. The number of hydrazine groups is 1. The molecule has 1 atom stereocenters. The molecule has 4 rings (SSSR count). The molecular weight excluding hydrogens is 466 g/mol. The Labute approximate surface area is 186 Å². The van der Waals surface area contributed by atoms with E-state index in [2.05, 4.69) is 36.2 Å². The Morgan fingerprint density at radius 3 is 2.81 bits per heavy atom. The Morgan fingerprint density at radius 2 is 2.16 bits per heavy atom. The third kappa shape index (κ3) is 3.54. The summed E-state index contributed by atoms with van der Waals surface area (Å²) in [5.74, 6) is 6.17. The van der Waals surface area contributed by atoms with Gasteiger partial charge in [-0.15, -0.1) is 0 Å². The zero-order chi connectivity index (χ0) is 22.2. The maximum absolute atomic E-state index is 13.1. The molecule has 31 heavy (non-hydrogen) atoms. The van der Waals surface area contributed by atoms with Gasteiger partial charge in [0.25, 0.3) is 5.91 Å². The number of aromatic amines is 1. The lowest BCUT2D eigenvalue weighted by molar-refractivity contribution is 0.0555. The number of carboxylic acid groups (broad SMARTS) is 1. The average molecular weight is 488 g/mol. The van der Waals surface area contributed by atoms with Crippen LogP contribution in [0, 0.1) is 0 Å². The number of aromatic nitrogens is 3. The molecule has 1 unspecified atom stereocenters. The van der Waals surface area contributed by atoms with Crippen LogP contribution in [0.2, 0.25) is 0 Å². The largest absolute Gasteiger partial charge is 0.464 e. The minimum absolute atomic E-state index is 0.295. The Hall–Kier alpha value is -3.02. The number of rotatable bonds is 4. The molecule has 3 aromatic heterocycles. The van der Waals surface area contributed by atoms with Gasteiger partial charge < -0.3 is 15.4 Å². The molecule has 1 aliphatic rings. The summed E-state index contributed by atoms with van der Waals surface area (Å²) in [7, 11) is 1.62. The number of carbonyl (C=O) groups excluding carboxylic acids is 1. The first-order chi connectivity index (χ1) is 14.9. The van der Waals surface area contributed by atoms with Crippen molar-refractivity contribution in [1.82, 2.24) is 25.3 Å². The Morgan fingerprint density at radius 1 is 1.35 bits per heavy atom. The van der Waals surface area contributed by atoms with Crippen molar-refractivity contribution in [3.05, 3.63) is 52.4 Å². The number of anilines is 1. The van der Waals surface area contributed by atoms with Crippen molar-refractivity contribution < 1.29 is 14.7 Å². The van der Waals surface area contributed by atoms with Crippen molar-refractivity contribution in [3.8, 4) is 0 Å². The third-order valence-electron chi connectivity index (χ3n) is 5.65. The highest BCUT2D eigenvalue weighted by molar-refractivity contribution is 9.10. The fourth-order valence-corrected chi connectivity index (χ4v) is 5.05. The first-order valence-electron chi connectivity index (χ1n) is 9.70. The second-order valence-corrected chi connectivity index (χ2v) is 8.23. The lowest BCUT2D eigenvalue weighted by atomic mass is 9.81. The zero-order valence-corrected chi connectivity index (χ0v) is 18.4. The van der Waals surface area contributed by atoms with Gasteiger partial charge >= 0.3 is 6.09 Å². The van der Waals surface area contributed by atoms with E-state index in [1.807, 2.05) is 6.07 Å². The van der Waals surface area contributed by atoms with Crippen molar-refractivity contribution >= 4 is 44.8 Å². The lowest BCUT2D eigenvalue weighted by Crippen LogP contribution is -2.60. The van der Waals surface area contributed by atoms with Crippen LogP contribution in [-0.4, -0.2) is 57.2 Å². The fourth-order valence-electron chi connectivity index (χ4n) is 4.11. The molecule has 1 fully saturated rings. The molecule has 0 radical (unpaired) electrons. The summed E-state index contributed by atoms with van der Waals surface area (Å²) in [6.07, 6.45) is 4.82. The number of hydrogen-bond acceptors (Lipinski definition) is 6. The summed E-state index contributed by atoms with van der Waals surface area (Å²) < 4.78 is 0.514. The molecule has 0 aliphatic carbocycles. The van der Waals surface area contributed by atoms with E-state index in [1.54, 1.807) is 31.6 Å². The topological polar surface area (TPSA) is 140 Å². The third-order valence-corrected chi connectivity index (χ3v) is 6.40. The molecule has 0 saturated carbocycles. The second kappa shape index (κ2) is 8.25. The monoisotopic (exact) mass is 487 g/mol. The number of halogens is 1. The Bertz CT molecular complexity index is 1130. The number of pyridine rings is 2. The van der Waals surface area contributed by atoms with Crippen LogP contribution in [0.25, 0.3) is 11.0 Å². The highest BCUT2D eigenvalue weighted by Crippen LogP contribution is 2.44. The number of nitrogens with zero attached hydrogens (tertiary/aromatic N) is 4. The first kappa shape index (κ1) is 21.2. The van der Waals surface area contributed by atoms with E-state index >= 15 is 0 Å². The summed E-state index contributed by atoms with van der Waals surface area (Å²) in [5, 5.41) is 14.6. The molecule has 11 heteroatoms. The number of nitrogens with two attached hydrogens (primary N) is 1. The average Bonchev–Trinajstić information content (AvgIpc) is 3.26. The number of amides is 2. The fraction of sp³-hybridized carbons (Fsp3) is 0.300. The van der Waals surface area contributed by atoms with Gasteiger partial charge in [-0.1, -0.05) is 0 Å². The maximum atomic E-state index is 13.1. The van der Waals surface area contributed by atoms with E-state index in [0.29, 0.717) is 40.0 Å². The van der Waals surface area contributed by atoms with Crippen LogP contribution in [-0.2, 0) is 5.54 Å². The number of piperidine rings is 1. The lowest BCUT2D eigenvalue weighted by Gasteiger charge is -2.44. The van der Waals surface area contributed by atoms with Gasteiger partial charge in [0.2, 0.25) is 0 Å². The molecule has 5 N–H and O–H groups in total. The van der Waals surface area contributed by atoms with Crippen LogP contribution < -0.4 is 16.1 Å². The van der Waals surface area contributed by atoms with Gasteiger partial charge in [0.05, 0.1) is 10.0 Å². The van der Waals surface area contributed by atoms with Crippen molar-refractivity contribution in [2.45, 2.75) is 18.4 Å². The summed E-state index contributed by atoms with van der Waals surface area (Å²) in [4.78, 5) is 38.1. The number of hydrogen-bond donors (Lipinski definition) is 4. The molecule has 162 valence electrons. The van der Waals surface area contributed by atoms with Gasteiger partial charge in [0, 0.05) is 43.1 Å². The van der Waals surface area contributed by atoms with Crippen LogP contribution in [0.5, 0.6) is 0 Å². The summed E-state index contributed by atoms with van der Waals surface area (Å²) in [6, 6.07) is 5.19. The molecule has 0 spiro atoms. The molecule has 2 amide bonds. The molecule has 4 heterocycles. The number of nitrogens with one attached hydrogen (secondary N) is 2. The van der Waals surface area contributed by atoms with Crippen LogP contribution in [0.1, 0.15) is 28.8 Å². The van der Waals surface area contributed by atoms with E-state index in [1.165, 1.54) is 11.1 Å². The quantitative estimate of drug-likeness (QED) is 0.251. The van der Waals surface area contributed by atoms with Crippen molar-refractivity contribution in [2.75, 3.05) is 25.0 Å². The maximum Gasteiger partial charge on any atom is 0.422 e. The standard InChI is InChI=1S/C20H22BrN7O3/c1-27(18(29)12-4-2-7-23-10-12)17-15(21)14(13-5-9-25-16(13)26-17)20(28(22)19(30)31)6-3-8-24-11-20/h2,4-5,7,9-10,24H,3,6,8,11,22H2,1H3,(H,25,26)(H,30,31). The van der Waals surface area contributed by atoms with Gasteiger partial charge in [-0.25, -0.2) is 20.6 Å². The highest BCUT2D eigenvalue weighted by Gasteiger charge is 2.45.